The fourth-order valence-corrected chi connectivity index (χ4v) is 5.03. The van der Waals surface area contributed by atoms with Crippen molar-refractivity contribution in [1.29, 1.82) is 0 Å². The van der Waals surface area contributed by atoms with Gasteiger partial charge in [0.1, 0.15) is 5.69 Å². The van der Waals surface area contributed by atoms with Crippen LogP contribution in [-0.2, 0) is 6.42 Å². The average Bonchev–Trinajstić information content (AvgIpc) is 3.58. The Balaban J connectivity index is 1.43. The number of para-hydroxylation sites is 1. The van der Waals surface area contributed by atoms with Gasteiger partial charge < -0.3 is 19.7 Å². The highest BCUT2D eigenvalue weighted by Gasteiger charge is 2.42. The molecule has 1 aliphatic heterocycles. The van der Waals surface area contributed by atoms with Crippen LogP contribution in [0, 0.1) is 0 Å². The van der Waals surface area contributed by atoms with Crippen LogP contribution in [0.4, 0.5) is 0 Å². The van der Waals surface area contributed by atoms with E-state index >= 15 is 0 Å². The second-order valence-electron chi connectivity index (χ2n) is 8.67. The first-order valence-corrected chi connectivity index (χ1v) is 11.5. The van der Waals surface area contributed by atoms with Crippen molar-refractivity contribution in [3.8, 4) is 22.8 Å². The van der Waals surface area contributed by atoms with Crippen LogP contribution in [0.5, 0.6) is 11.5 Å². The molecule has 3 N–H and O–H groups in total. The summed E-state index contributed by atoms with van der Waals surface area (Å²) in [5.41, 5.74) is 6.12. The number of phenols is 1. The lowest BCUT2D eigenvalue weighted by Crippen LogP contribution is -2.31. The van der Waals surface area contributed by atoms with Gasteiger partial charge in [-0.15, -0.1) is 0 Å². The lowest BCUT2D eigenvalue weighted by molar-refractivity contribution is 0.0746. The van der Waals surface area contributed by atoms with Crippen molar-refractivity contribution < 1.29 is 14.6 Å². The number of carbonyl (C=O) groups is 1. The van der Waals surface area contributed by atoms with E-state index < -0.39 is 0 Å². The van der Waals surface area contributed by atoms with Crippen LogP contribution in [0.2, 0.25) is 0 Å². The third-order valence-corrected chi connectivity index (χ3v) is 6.73. The molecule has 0 fully saturated rings. The predicted molar refractivity (Wildman–Crippen MR) is 134 cm³/mol. The van der Waals surface area contributed by atoms with E-state index in [-0.39, 0.29) is 17.7 Å². The molecule has 1 atom stereocenters. The summed E-state index contributed by atoms with van der Waals surface area (Å²) in [7, 11) is 1.52. The molecular formula is C28H24N4O3. The average molecular weight is 465 g/mol. The van der Waals surface area contributed by atoms with Crippen LogP contribution in [0.15, 0.2) is 79.0 Å². The molecule has 35 heavy (non-hydrogen) atoms. The molecule has 6 rings (SSSR count). The number of aromatic nitrogens is 3. The Bertz CT molecular complexity index is 1540. The summed E-state index contributed by atoms with van der Waals surface area (Å²) in [5, 5.41) is 18.9. The van der Waals surface area contributed by atoms with Gasteiger partial charge in [-0.05, 0) is 35.7 Å². The van der Waals surface area contributed by atoms with Crippen molar-refractivity contribution >= 4 is 16.8 Å². The minimum atomic E-state index is -0.369. The van der Waals surface area contributed by atoms with Gasteiger partial charge in [0, 0.05) is 34.8 Å². The van der Waals surface area contributed by atoms with E-state index in [1.165, 1.54) is 7.11 Å². The van der Waals surface area contributed by atoms with E-state index in [4.69, 9.17) is 4.74 Å². The van der Waals surface area contributed by atoms with E-state index in [9.17, 15) is 9.90 Å². The Morgan fingerprint density at radius 1 is 1.06 bits per heavy atom. The molecular weight excluding hydrogens is 440 g/mol. The minimum absolute atomic E-state index is 0.0571. The Kier molecular flexibility index (Phi) is 5.03. The van der Waals surface area contributed by atoms with Crippen molar-refractivity contribution in [2.75, 3.05) is 13.7 Å². The third-order valence-electron chi connectivity index (χ3n) is 6.73. The summed E-state index contributed by atoms with van der Waals surface area (Å²) in [4.78, 5) is 18.8. The quantitative estimate of drug-likeness (QED) is 0.327. The molecule has 1 aliphatic rings. The van der Waals surface area contributed by atoms with Crippen molar-refractivity contribution in [2.45, 2.75) is 12.5 Å². The van der Waals surface area contributed by atoms with Gasteiger partial charge >= 0.3 is 0 Å². The highest BCUT2D eigenvalue weighted by molar-refractivity contribution is 6.00. The first kappa shape index (κ1) is 21.0. The summed E-state index contributed by atoms with van der Waals surface area (Å²) in [5.74, 6) is 0.331. The van der Waals surface area contributed by atoms with Gasteiger partial charge in [0.15, 0.2) is 11.5 Å². The summed E-state index contributed by atoms with van der Waals surface area (Å²) in [6.45, 7) is 0.519. The maximum absolute atomic E-state index is 13.6. The molecule has 0 unspecified atom stereocenters. The van der Waals surface area contributed by atoms with Crippen molar-refractivity contribution in [3.63, 3.8) is 0 Å². The monoisotopic (exact) mass is 464 g/mol. The van der Waals surface area contributed by atoms with E-state index in [1.54, 1.807) is 12.1 Å². The maximum atomic E-state index is 13.6. The lowest BCUT2D eigenvalue weighted by Gasteiger charge is -2.27. The Morgan fingerprint density at radius 2 is 1.86 bits per heavy atom. The molecule has 0 saturated carbocycles. The molecule has 0 saturated heterocycles. The first-order chi connectivity index (χ1) is 17.2. The molecule has 0 aliphatic carbocycles. The number of phenolic OH excluding ortho intramolecular Hbond substituents is 1. The van der Waals surface area contributed by atoms with Gasteiger partial charge in [0.2, 0.25) is 0 Å². The standard InChI is InChI=1S/C28H24N4O3/c1-35-23-15-18(11-12-22(23)33)27-24-25(17-7-3-2-4-8-17)30-31-26(24)28(34)32(27)14-13-19-16-29-21-10-6-5-9-20(19)21/h2-12,15-16,27,29,33H,13-14H2,1H3,(H,30,31)/t27-/m0/s1. The van der Waals surface area contributed by atoms with E-state index in [0.29, 0.717) is 24.4 Å². The van der Waals surface area contributed by atoms with Crippen molar-refractivity contribution in [3.05, 3.63) is 101 Å². The number of nitrogens with one attached hydrogen (secondary N) is 2. The van der Waals surface area contributed by atoms with E-state index in [1.807, 2.05) is 65.7 Å². The summed E-state index contributed by atoms with van der Waals surface area (Å²) in [6.07, 6.45) is 2.71. The molecule has 0 bridgehead atoms. The first-order valence-electron chi connectivity index (χ1n) is 11.5. The van der Waals surface area contributed by atoms with Gasteiger partial charge in [-0.2, -0.15) is 5.10 Å². The van der Waals surface area contributed by atoms with Gasteiger partial charge in [-0.3, -0.25) is 9.89 Å². The molecule has 1 amide bonds. The van der Waals surface area contributed by atoms with Crippen LogP contribution in [0.1, 0.15) is 33.2 Å². The van der Waals surface area contributed by atoms with Crippen LogP contribution < -0.4 is 4.74 Å². The topological polar surface area (TPSA) is 94.2 Å². The number of aromatic hydroxyl groups is 1. The van der Waals surface area contributed by atoms with Gasteiger partial charge in [-0.25, -0.2) is 0 Å². The molecule has 174 valence electrons. The van der Waals surface area contributed by atoms with Crippen LogP contribution >= 0.6 is 0 Å². The van der Waals surface area contributed by atoms with Crippen molar-refractivity contribution in [2.24, 2.45) is 0 Å². The zero-order valence-electron chi connectivity index (χ0n) is 19.2. The zero-order valence-corrected chi connectivity index (χ0v) is 19.2. The number of carbonyl (C=O) groups excluding carboxylic acids is 1. The smallest absolute Gasteiger partial charge is 0.273 e. The molecule has 0 spiro atoms. The lowest BCUT2D eigenvalue weighted by atomic mass is 9.95. The van der Waals surface area contributed by atoms with Crippen LogP contribution in [0.3, 0.4) is 0 Å². The van der Waals surface area contributed by atoms with Gasteiger partial charge in [0.25, 0.3) is 5.91 Å². The maximum Gasteiger partial charge on any atom is 0.273 e. The summed E-state index contributed by atoms with van der Waals surface area (Å²) in [6, 6.07) is 22.9. The Hall–Kier alpha value is -4.52. The molecule has 2 aromatic heterocycles. The largest absolute Gasteiger partial charge is 0.504 e. The SMILES string of the molecule is COc1cc([C@H]2c3c(-c4ccccc4)n[nH]c3C(=O)N2CCc2c[nH]c3ccccc23)ccc1O. The molecule has 5 aromatic rings. The van der Waals surface area contributed by atoms with E-state index in [0.717, 1.165) is 38.9 Å². The normalized spacial score (nSPS) is 15.1. The molecule has 3 aromatic carbocycles. The minimum Gasteiger partial charge on any atom is -0.504 e. The number of H-pyrrole nitrogens is 2. The number of aromatic amines is 2. The second kappa shape index (κ2) is 8.36. The van der Waals surface area contributed by atoms with Crippen molar-refractivity contribution in [1.82, 2.24) is 20.1 Å². The number of hydrogen-bond donors (Lipinski definition) is 3. The fourth-order valence-electron chi connectivity index (χ4n) is 5.03. The molecule has 3 heterocycles. The molecule has 0 radical (unpaired) electrons. The Labute approximate surface area is 202 Å². The molecule has 7 nitrogen and oxygen atoms in total. The number of rotatable bonds is 6. The number of amides is 1. The number of benzene rings is 3. The predicted octanol–water partition coefficient (Wildman–Crippen LogP) is 5.06. The summed E-state index contributed by atoms with van der Waals surface area (Å²) >= 11 is 0. The van der Waals surface area contributed by atoms with Gasteiger partial charge in [-0.1, -0.05) is 54.6 Å². The fraction of sp³-hybridized carbons (Fsp3) is 0.143. The molecule has 7 heteroatoms. The van der Waals surface area contributed by atoms with Crippen LogP contribution in [0.25, 0.3) is 22.2 Å². The number of hydrogen-bond acceptors (Lipinski definition) is 4. The van der Waals surface area contributed by atoms with E-state index in [2.05, 4.69) is 21.2 Å². The Morgan fingerprint density at radius 3 is 2.69 bits per heavy atom. The van der Waals surface area contributed by atoms with Gasteiger partial charge in [0.05, 0.1) is 18.8 Å². The number of ether oxygens (including phenoxy) is 1. The zero-order chi connectivity index (χ0) is 23.9. The third kappa shape index (κ3) is 3.44. The number of nitrogens with zero attached hydrogens (tertiary/aromatic N) is 2. The highest BCUT2D eigenvalue weighted by Crippen LogP contribution is 2.44. The second-order valence-corrected chi connectivity index (χ2v) is 8.67. The van der Waals surface area contributed by atoms with Crippen LogP contribution in [-0.4, -0.2) is 44.7 Å². The highest BCUT2D eigenvalue weighted by atomic mass is 16.5. The number of fused-ring (bicyclic) bond motifs is 2. The summed E-state index contributed by atoms with van der Waals surface area (Å²) < 4.78 is 5.38. The number of methoxy groups -OCH3 is 1.